The number of hydrogen-bond donors (Lipinski definition) is 1. The van der Waals surface area contributed by atoms with E-state index >= 15 is 0 Å². The maximum atomic E-state index is 12.6. The minimum atomic E-state index is -4.25. The topological polar surface area (TPSA) is 26.0 Å². The lowest BCUT2D eigenvalue weighted by Gasteiger charge is -2.16. The second kappa shape index (κ2) is 3.00. The quantitative estimate of drug-likeness (QED) is 0.724. The first-order chi connectivity index (χ1) is 7.48. The SMILES string of the molecule is N[C@@H]1[C@@H]2CC[C@H]1c1ccc(C(F)(F)F)cc12. The van der Waals surface area contributed by atoms with E-state index in [1.807, 2.05) is 0 Å². The summed E-state index contributed by atoms with van der Waals surface area (Å²) in [5.74, 6) is 0.421. The first kappa shape index (κ1) is 10.1. The molecule has 1 aromatic carbocycles. The first-order valence-corrected chi connectivity index (χ1v) is 5.45. The Kier molecular flexibility index (Phi) is 1.90. The molecule has 0 saturated heterocycles. The Bertz CT molecular complexity index is 438. The van der Waals surface area contributed by atoms with Crippen LogP contribution in [0.4, 0.5) is 13.2 Å². The molecular formula is C12H12F3N. The Hall–Kier alpha value is -1.03. The van der Waals surface area contributed by atoms with Gasteiger partial charge in [0.2, 0.25) is 0 Å². The third kappa shape index (κ3) is 1.22. The summed E-state index contributed by atoms with van der Waals surface area (Å²) in [5.41, 5.74) is 7.33. The van der Waals surface area contributed by atoms with Crippen LogP contribution in [0.15, 0.2) is 18.2 Å². The average Bonchev–Trinajstić information content (AvgIpc) is 2.71. The molecule has 3 atom stereocenters. The van der Waals surface area contributed by atoms with Crippen LogP contribution in [0.25, 0.3) is 0 Å². The second-order valence-corrected chi connectivity index (χ2v) is 4.71. The Labute approximate surface area is 91.4 Å². The van der Waals surface area contributed by atoms with Gasteiger partial charge in [0.05, 0.1) is 5.56 Å². The third-order valence-electron chi connectivity index (χ3n) is 3.93. The largest absolute Gasteiger partial charge is 0.416 e. The van der Waals surface area contributed by atoms with Gasteiger partial charge < -0.3 is 5.73 Å². The lowest BCUT2D eigenvalue weighted by molar-refractivity contribution is -0.137. The summed E-state index contributed by atoms with van der Waals surface area (Å²) < 4.78 is 37.7. The van der Waals surface area contributed by atoms with Gasteiger partial charge in [-0.25, -0.2) is 0 Å². The predicted octanol–water partition coefficient (Wildman–Crippen LogP) is 3.01. The number of alkyl halides is 3. The van der Waals surface area contributed by atoms with Gasteiger partial charge in [0.25, 0.3) is 0 Å². The first-order valence-electron chi connectivity index (χ1n) is 5.45. The van der Waals surface area contributed by atoms with Crippen LogP contribution in [-0.2, 0) is 6.18 Å². The zero-order chi connectivity index (χ0) is 11.5. The molecule has 0 aromatic heterocycles. The van der Waals surface area contributed by atoms with Crippen molar-refractivity contribution < 1.29 is 13.2 Å². The normalized spacial score (nSPS) is 31.9. The molecule has 2 aliphatic rings. The number of nitrogens with two attached hydrogens (primary N) is 1. The zero-order valence-corrected chi connectivity index (χ0v) is 8.59. The molecule has 86 valence electrons. The van der Waals surface area contributed by atoms with E-state index in [9.17, 15) is 13.2 Å². The van der Waals surface area contributed by atoms with Crippen molar-refractivity contribution in [1.29, 1.82) is 0 Å². The number of halogens is 3. The summed E-state index contributed by atoms with van der Waals surface area (Å²) in [5, 5.41) is 0. The molecule has 4 heteroatoms. The molecule has 1 fully saturated rings. The summed E-state index contributed by atoms with van der Waals surface area (Å²) >= 11 is 0. The maximum absolute atomic E-state index is 12.6. The van der Waals surface area contributed by atoms with Crippen LogP contribution in [0.2, 0.25) is 0 Å². The van der Waals surface area contributed by atoms with E-state index in [4.69, 9.17) is 5.73 Å². The third-order valence-corrected chi connectivity index (χ3v) is 3.93. The predicted molar refractivity (Wildman–Crippen MR) is 54.1 cm³/mol. The molecular weight excluding hydrogens is 215 g/mol. The second-order valence-electron chi connectivity index (χ2n) is 4.71. The highest BCUT2D eigenvalue weighted by atomic mass is 19.4. The lowest BCUT2D eigenvalue weighted by Crippen LogP contribution is -2.22. The van der Waals surface area contributed by atoms with E-state index in [0.717, 1.165) is 24.0 Å². The molecule has 2 N–H and O–H groups in total. The van der Waals surface area contributed by atoms with E-state index in [0.29, 0.717) is 0 Å². The Morgan fingerprint density at radius 2 is 1.69 bits per heavy atom. The van der Waals surface area contributed by atoms with Crippen LogP contribution in [0.3, 0.4) is 0 Å². The average molecular weight is 227 g/mol. The minimum absolute atomic E-state index is 0.0264. The van der Waals surface area contributed by atoms with Crippen LogP contribution in [0.5, 0.6) is 0 Å². The van der Waals surface area contributed by atoms with E-state index in [-0.39, 0.29) is 17.9 Å². The molecule has 0 unspecified atom stereocenters. The van der Waals surface area contributed by atoms with Crippen LogP contribution < -0.4 is 5.73 Å². The van der Waals surface area contributed by atoms with Crippen LogP contribution in [0, 0.1) is 0 Å². The van der Waals surface area contributed by atoms with Gasteiger partial charge in [-0.05, 0) is 47.9 Å². The summed E-state index contributed by atoms with van der Waals surface area (Å²) in [6, 6.07) is 4.10. The smallest absolute Gasteiger partial charge is 0.327 e. The summed E-state index contributed by atoms with van der Waals surface area (Å²) in [7, 11) is 0. The van der Waals surface area contributed by atoms with Gasteiger partial charge in [-0.3, -0.25) is 0 Å². The van der Waals surface area contributed by atoms with Gasteiger partial charge in [0.15, 0.2) is 0 Å². The molecule has 0 spiro atoms. The highest BCUT2D eigenvalue weighted by molar-refractivity contribution is 5.46. The summed E-state index contributed by atoms with van der Waals surface area (Å²) in [6.45, 7) is 0. The van der Waals surface area contributed by atoms with Gasteiger partial charge in [-0.2, -0.15) is 13.2 Å². The van der Waals surface area contributed by atoms with E-state index in [1.54, 1.807) is 6.07 Å². The zero-order valence-electron chi connectivity index (χ0n) is 8.59. The molecule has 16 heavy (non-hydrogen) atoms. The van der Waals surface area contributed by atoms with Crippen LogP contribution >= 0.6 is 0 Å². The summed E-state index contributed by atoms with van der Waals surface area (Å²) in [4.78, 5) is 0. The molecule has 1 aromatic rings. The van der Waals surface area contributed by atoms with Crippen molar-refractivity contribution in [3.8, 4) is 0 Å². The summed E-state index contributed by atoms with van der Waals surface area (Å²) in [6.07, 6.45) is -2.30. The van der Waals surface area contributed by atoms with E-state index < -0.39 is 11.7 Å². The van der Waals surface area contributed by atoms with Gasteiger partial charge in [0, 0.05) is 6.04 Å². The van der Waals surface area contributed by atoms with Gasteiger partial charge >= 0.3 is 6.18 Å². The Morgan fingerprint density at radius 3 is 2.31 bits per heavy atom. The Morgan fingerprint density at radius 1 is 1.06 bits per heavy atom. The maximum Gasteiger partial charge on any atom is 0.416 e. The molecule has 3 rings (SSSR count). The fourth-order valence-electron chi connectivity index (χ4n) is 3.16. The van der Waals surface area contributed by atoms with Crippen molar-refractivity contribution in [2.45, 2.75) is 36.9 Å². The van der Waals surface area contributed by atoms with Crippen molar-refractivity contribution >= 4 is 0 Å². The molecule has 1 saturated carbocycles. The lowest BCUT2D eigenvalue weighted by atomic mass is 9.90. The molecule has 2 aliphatic carbocycles. The van der Waals surface area contributed by atoms with Gasteiger partial charge in [-0.1, -0.05) is 6.07 Å². The fraction of sp³-hybridized carbons (Fsp3) is 0.500. The molecule has 0 aliphatic heterocycles. The van der Waals surface area contributed by atoms with E-state index in [2.05, 4.69) is 0 Å². The monoisotopic (exact) mass is 227 g/mol. The van der Waals surface area contributed by atoms with Crippen molar-refractivity contribution in [3.63, 3.8) is 0 Å². The number of hydrogen-bond acceptors (Lipinski definition) is 1. The van der Waals surface area contributed by atoms with Crippen molar-refractivity contribution in [3.05, 3.63) is 34.9 Å². The van der Waals surface area contributed by atoms with Gasteiger partial charge in [0.1, 0.15) is 0 Å². The van der Waals surface area contributed by atoms with Crippen LogP contribution in [0.1, 0.15) is 41.4 Å². The number of benzene rings is 1. The van der Waals surface area contributed by atoms with Crippen molar-refractivity contribution in [2.75, 3.05) is 0 Å². The minimum Gasteiger partial charge on any atom is -0.327 e. The van der Waals surface area contributed by atoms with Crippen molar-refractivity contribution in [2.24, 2.45) is 5.73 Å². The molecule has 0 heterocycles. The number of rotatable bonds is 0. The fourth-order valence-corrected chi connectivity index (χ4v) is 3.16. The molecule has 1 nitrogen and oxygen atoms in total. The molecule has 0 amide bonds. The Balaban J connectivity index is 2.09. The van der Waals surface area contributed by atoms with Crippen molar-refractivity contribution in [1.82, 2.24) is 0 Å². The van der Waals surface area contributed by atoms with Crippen LogP contribution in [-0.4, -0.2) is 6.04 Å². The standard InChI is InChI=1S/C12H12F3N/c13-12(14,15)6-1-2-7-8-3-4-9(11(8)16)10(7)5-6/h1-2,5,8-9,11H,3-4,16H2/t8-,9+,11-/m0/s1. The number of fused-ring (bicyclic) bond motifs is 5. The van der Waals surface area contributed by atoms with E-state index in [1.165, 1.54) is 12.1 Å². The molecule has 0 radical (unpaired) electrons. The highest BCUT2D eigenvalue weighted by Gasteiger charge is 2.44. The highest BCUT2D eigenvalue weighted by Crippen LogP contribution is 2.52. The van der Waals surface area contributed by atoms with Gasteiger partial charge in [-0.15, -0.1) is 0 Å². The molecule has 2 bridgehead atoms.